The van der Waals surface area contributed by atoms with E-state index in [1.165, 1.54) is 0 Å². The summed E-state index contributed by atoms with van der Waals surface area (Å²) in [7, 11) is -4.67. The fraction of sp³-hybridized carbons (Fsp3) is 0. The van der Waals surface area contributed by atoms with Crippen LogP contribution in [0.5, 0.6) is 0 Å². The van der Waals surface area contributed by atoms with E-state index < -0.39 is 10.4 Å². The minimum Gasteiger partial charge on any atom is -0.412 e. The molecular formula is H9MgMnNO5S. The summed E-state index contributed by atoms with van der Waals surface area (Å²) in [6, 6.07) is 0. The molecular weight excluding hydrogens is 205 g/mol. The van der Waals surface area contributed by atoms with Gasteiger partial charge in [0.25, 0.3) is 0 Å². The molecule has 0 amide bonds. The number of rotatable bonds is 0. The zero-order valence-corrected chi connectivity index (χ0v) is 5.70. The zero-order valence-electron chi connectivity index (χ0n) is 3.70. The molecule has 0 aromatic heterocycles. The van der Waals surface area contributed by atoms with Crippen LogP contribution in [0.25, 0.3) is 0 Å². The summed E-state index contributed by atoms with van der Waals surface area (Å²) < 4.78 is 31.6. The van der Waals surface area contributed by atoms with Crippen LogP contribution in [0.2, 0.25) is 0 Å². The van der Waals surface area contributed by atoms with Gasteiger partial charge >= 0.3 is 33.5 Å². The molecule has 0 unspecified atom stereocenters. The Hall–Kier alpha value is 1.08. The largest absolute Gasteiger partial charge is 0.412 e. The van der Waals surface area contributed by atoms with E-state index in [0.717, 1.165) is 0 Å². The Kier molecular flexibility index (Phi) is 42.3. The second-order valence-corrected chi connectivity index (χ2v) is 1.34. The first-order chi connectivity index (χ1) is 2.00. The third-order valence-corrected chi connectivity index (χ3v) is 0. The summed E-state index contributed by atoms with van der Waals surface area (Å²) in [6.07, 6.45) is 0. The molecule has 0 fully saturated rings. The van der Waals surface area contributed by atoms with Crippen LogP contribution < -0.4 is 6.15 Å². The molecule has 0 atom stereocenters. The maximum Gasteiger partial charge on any atom is 0.394 e. The third-order valence-electron chi connectivity index (χ3n) is 0. The van der Waals surface area contributed by atoms with Gasteiger partial charge in [0.1, 0.15) is 0 Å². The van der Waals surface area contributed by atoms with Crippen LogP contribution in [0.4, 0.5) is 0 Å². The fourth-order valence-corrected chi connectivity index (χ4v) is 0. The van der Waals surface area contributed by atoms with Gasteiger partial charge < -0.3 is 11.6 Å². The van der Waals surface area contributed by atoms with Gasteiger partial charge in [0, 0.05) is 17.1 Å². The Morgan fingerprint density at radius 3 is 1.11 bits per heavy atom. The molecule has 0 saturated carbocycles. The maximum atomic E-state index is 8.74. The second kappa shape index (κ2) is 11.8. The molecule has 0 bridgehead atoms. The summed E-state index contributed by atoms with van der Waals surface area (Å²) in [5, 5.41) is 0. The summed E-state index contributed by atoms with van der Waals surface area (Å²) in [6.45, 7) is 0. The smallest absolute Gasteiger partial charge is 0.394 e. The quantitative estimate of drug-likeness (QED) is 0.309. The number of hydrogen-bond acceptors (Lipinski definition) is 3. The molecule has 0 rings (SSSR count). The van der Waals surface area contributed by atoms with Crippen molar-refractivity contribution in [1.82, 2.24) is 6.15 Å². The Labute approximate surface area is 79.5 Å². The Balaban J connectivity index is -0.0000000133. The molecule has 0 aliphatic heterocycles. The van der Waals surface area contributed by atoms with Crippen molar-refractivity contribution >= 4 is 33.5 Å². The minimum atomic E-state index is -4.67. The summed E-state index contributed by atoms with van der Waals surface area (Å²) >= 11 is 0. The van der Waals surface area contributed by atoms with Crippen LogP contribution in [0.15, 0.2) is 0 Å². The van der Waals surface area contributed by atoms with E-state index in [4.69, 9.17) is 17.5 Å². The van der Waals surface area contributed by atoms with Crippen molar-refractivity contribution in [3.8, 4) is 0 Å². The summed E-state index contributed by atoms with van der Waals surface area (Å²) in [5.41, 5.74) is 0. The van der Waals surface area contributed by atoms with E-state index in [9.17, 15) is 0 Å². The standard InChI is InChI=1S/Mg.Mn.H3N.H2O4S.H2O.2H/c;;;1-5(2,3)4;;;/h;;1H3;(H2,1,2,3,4);1H2;;. The van der Waals surface area contributed by atoms with Crippen molar-refractivity contribution in [2.24, 2.45) is 0 Å². The molecule has 9 heavy (non-hydrogen) atoms. The zero-order chi connectivity index (χ0) is 4.50. The van der Waals surface area contributed by atoms with Crippen LogP contribution in [-0.2, 0) is 27.5 Å². The van der Waals surface area contributed by atoms with Gasteiger partial charge in [-0.2, -0.15) is 8.42 Å². The van der Waals surface area contributed by atoms with Crippen molar-refractivity contribution in [3.63, 3.8) is 0 Å². The van der Waals surface area contributed by atoms with Crippen molar-refractivity contribution in [2.75, 3.05) is 0 Å². The van der Waals surface area contributed by atoms with Gasteiger partial charge in [0.05, 0.1) is 0 Å². The average molecular weight is 214 g/mol. The number of hydrogen-bond donors (Lipinski definition) is 3. The Bertz CT molecular complexity index is 100. The normalized spacial score (nSPS) is 6.44. The van der Waals surface area contributed by atoms with Crippen LogP contribution in [0, 0.1) is 0 Å². The van der Waals surface area contributed by atoms with Gasteiger partial charge in [0.2, 0.25) is 0 Å². The van der Waals surface area contributed by atoms with Gasteiger partial charge in [-0.1, -0.05) is 0 Å². The van der Waals surface area contributed by atoms with Gasteiger partial charge in [-0.15, -0.1) is 0 Å². The van der Waals surface area contributed by atoms with Crippen LogP contribution in [0.3, 0.4) is 0 Å². The molecule has 0 heterocycles. The van der Waals surface area contributed by atoms with Gasteiger partial charge in [-0.25, -0.2) is 0 Å². The van der Waals surface area contributed by atoms with Gasteiger partial charge in [0.15, 0.2) is 0 Å². The second-order valence-electron chi connectivity index (χ2n) is 0.448. The van der Waals surface area contributed by atoms with E-state index in [-0.39, 0.29) is 51.7 Å². The Morgan fingerprint density at radius 2 is 1.11 bits per heavy atom. The van der Waals surface area contributed by atoms with Crippen molar-refractivity contribution in [2.45, 2.75) is 0 Å². The van der Waals surface area contributed by atoms with E-state index in [0.29, 0.717) is 0 Å². The molecule has 0 spiro atoms. The molecule has 0 aliphatic carbocycles. The monoisotopic (exact) mass is 214 g/mol. The van der Waals surface area contributed by atoms with Gasteiger partial charge in [-0.3, -0.25) is 9.11 Å². The van der Waals surface area contributed by atoms with E-state index >= 15 is 0 Å². The SMILES string of the molecule is N.O.O=S(=O)(O)O.[MgH2].[Mn]. The van der Waals surface area contributed by atoms with Crippen LogP contribution in [0.1, 0.15) is 0 Å². The predicted molar refractivity (Wildman–Crippen MR) is 31.4 cm³/mol. The van der Waals surface area contributed by atoms with Crippen molar-refractivity contribution < 1.29 is 40.1 Å². The Morgan fingerprint density at radius 1 is 1.11 bits per heavy atom. The molecule has 7 N–H and O–H groups in total. The fourth-order valence-electron chi connectivity index (χ4n) is 0. The molecule has 0 aromatic rings. The van der Waals surface area contributed by atoms with E-state index in [1.807, 2.05) is 0 Å². The summed E-state index contributed by atoms with van der Waals surface area (Å²) in [5.74, 6) is 0. The first kappa shape index (κ1) is 32.2. The van der Waals surface area contributed by atoms with Crippen molar-refractivity contribution in [1.29, 1.82) is 0 Å². The average Bonchev–Trinajstić information content (AvgIpc) is 0.722. The van der Waals surface area contributed by atoms with Gasteiger partial charge in [-0.05, 0) is 0 Å². The molecule has 0 saturated heterocycles. The van der Waals surface area contributed by atoms with E-state index in [1.54, 1.807) is 0 Å². The maximum absolute atomic E-state index is 8.74. The molecule has 9 heteroatoms. The molecule has 0 aromatic carbocycles. The minimum absolute atomic E-state index is 0. The van der Waals surface area contributed by atoms with Crippen LogP contribution >= 0.6 is 0 Å². The first-order valence-electron chi connectivity index (χ1n) is 0.698. The predicted octanol–water partition coefficient (Wildman–Crippen LogP) is -2.23. The van der Waals surface area contributed by atoms with Crippen molar-refractivity contribution in [3.05, 3.63) is 0 Å². The topological polar surface area (TPSA) is 141 Å². The van der Waals surface area contributed by atoms with Crippen LogP contribution in [-0.4, -0.2) is 46.1 Å². The summed E-state index contributed by atoms with van der Waals surface area (Å²) in [4.78, 5) is 0. The first-order valence-corrected chi connectivity index (χ1v) is 2.10. The molecule has 0 aliphatic rings. The molecule has 6 nitrogen and oxygen atoms in total. The third kappa shape index (κ3) is 393. The molecule has 1 radical (unpaired) electrons. The van der Waals surface area contributed by atoms with E-state index in [2.05, 4.69) is 0 Å². The molecule has 59 valence electrons.